The molecule has 0 bridgehead atoms. The number of nitrogens with one attached hydrogen (secondary N) is 1. The second-order valence-electron chi connectivity index (χ2n) is 5.20. The molecule has 0 saturated carbocycles. The fourth-order valence-corrected chi connectivity index (χ4v) is 2.90. The number of hydrogen-bond acceptors (Lipinski definition) is 2. The quantitative estimate of drug-likeness (QED) is 0.827. The Bertz CT molecular complexity index is 450. The van der Waals surface area contributed by atoms with Crippen molar-refractivity contribution in [1.82, 2.24) is 5.32 Å². The fraction of sp³-hybridized carbons (Fsp3) is 0.600. The maximum Gasteiger partial charge on any atom is 0.160 e. The summed E-state index contributed by atoms with van der Waals surface area (Å²) in [6, 6.07) is 2.16. The van der Waals surface area contributed by atoms with E-state index >= 15 is 0 Å². The minimum Gasteiger partial charge on any atom is -0.381 e. The van der Waals surface area contributed by atoms with Crippen LogP contribution in [-0.4, -0.2) is 19.8 Å². The van der Waals surface area contributed by atoms with Gasteiger partial charge in [0.1, 0.15) is 0 Å². The average Bonchev–Trinajstić information content (AvgIpc) is 2.45. The number of halogens is 3. The van der Waals surface area contributed by atoms with E-state index in [2.05, 4.69) is 12.2 Å². The number of hydrogen-bond donors (Lipinski definition) is 1. The van der Waals surface area contributed by atoms with Crippen LogP contribution in [0.25, 0.3) is 0 Å². The lowest BCUT2D eigenvalue weighted by molar-refractivity contribution is 0.0390. The Morgan fingerprint density at radius 2 is 2.15 bits per heavy atom. The molecule has 1 N–H and O–H groups in total. The molecule has 2 nitrogen and oxygen atoms in total. The minimum atomic E-state index is -0.909. The lowest BCUT2D eigenvalue weighted by atomic mass is 9.88. The topological polar surface area (TPSA) is 21.3 Å². The Morgan fingerprint density at radius 3 is 2.80 bits per heavy atom. The molecule has 1 heterocycles. The number of rotatable bonds is 5. The van der Waals surface area contributed by atoms with E-state index in [0.717, 1.165) is 38.5 Å². The van der Waals surface area contributed by atoms with Gasteiger partial charge in [0.2, 0.25) is 0 Å². The van der Waals surface area contributed by atoms with Crippen molar-refractivity contribution in [3.63, 3.8) is 0 Å². The average molecular weight is 304 g/mol. The van der Waals surface area contributed by atoms with Gasteiger partial charge in [0.15, 0.2) is 11.6 Å². The zero-order chi connectivity index (χ0) is 14.5. The van der Waals surface area contributed by atoms with Crippen LogP contribution in [0.5, 0.6) is 0 Å². The molecule has 2 atom stereocenters. The zero-order valence-corrected chi connectivity index (χ0v) is 12.4. The lowest BCUT2D eigenvalue weighted by Gasteiger charge is -2.32. The highest BCUT2D eigenvalue weighted by molar-refractivity contribution is 6.31. The largest absolute Gasteiger partial charge is 0.381 e. The highest BCUT2D eigenvalue weighted by Gasteiger charge is 2.27. The summed E-state index contributed by atoms with van der Waals surface area (Å²) < 4.78 is 32.2. The predicted octanol–water partition coefficient (Wildman–Crippen LogP) is 4.09. The Hall–Kier alpha value is -0.710. The van der Waals surface area contributed by atoms with Crippen LogP contribution in [0.15, 0.2) is 12.1 Å². The fourth-order valence-electron chi connectivity index (χ4n) is 2.64. The normalized spacial score (nSPS) is 20.9. The summed E-state index contributed by atoms with van der Waals surface area (Å²) in [5, 5.41) is 3.66. The van der Waals surface area contributed by atoms with E-state index in [1.807, 2.05) is 0 Å². The van der Waals surface area contributed by atoms with Gasteiger partial charge in [-0.2, -0.15) is 0 Å². The standard InChI is InChI=1S/C15H20ClF2NO/c1-2-5-19-15(10-4-3-6-20-9-10)11-7-13(17)14(18)8-12(11)16/h7-8,10,15,19H,2-6,9H2,1H3. The van der Waals surface area contributed by atoms with Crippen molar-refractivity contribution in [1.29, 1.82) is 0 Å². The summed E-state index contributed by atoms with van der Waals surface area (Å²) in [6.45, 7) is 4.25. The van der Waals surface area contributed by atoms with Crippen molar-refractivity contribution >= 4 is 11.6 Å². The monoisotopic (exact) mass is 303 g/mol. The van der Waals surface area contributed by atoms with E-state index in [1.54, 1.807) is 0 Å². The molecule has 0 amide bonds. The van der Waals surface area contributed by atoms with Crippen molar-refractivity contribution in [2.24, 2.45) is 5.92 Å². The third-order valence-electron chi connectivity index (χ3n) is 3.66. The van der Waals surface area contributed by atoms with E-state index < -0.39 is 11.6 Å². The molecule has 20 heavy (non-hydrogen) atoms. The van der Waals surface area contributed by atoms with Crippen LogP contribution < -0.4 is 5.32 Å². The van der Waals surface area contributed by atoms with Gasteiger partial charge in [0, 0.05) is 23.6 Å². The molecule has 1 fully saturated rings. The molecule has 2 rings (SSSR count). The van der Waals surface area contributed by atoms with Crippen LogP contribution in [0.3, 0.4) is 0 Å². The molecule has 0 aromatic heterocycles. The predicted molar refractivity (Wildman–Crippen MR) is 75.9 cm³/mol. The van der Waals surface area contributed by atoms with Gasteiger partial charge in [-0.1, -0.05) is 18.5 Å². The lowest BCUT2D eigenvalue weighted by Crippen LogP contribution is -2.34. The molecule has 0 aliphatic carbocycles. The molecule has 1 aromatic rings. The summed E-state index contributed by atoms with van der Waals surface area (Å²) in [7, 11) is 0. The van der Waals surface area contributed by atoms with Crippen molar-refractivity contribution in [3.05, 3.63) is 34.4 Å². The van der Waals surface area contributed by atoms with Gasteiger partial charge >= 0.3 is 0 Å². The Labute approximate surface area is 123 Å². The van der Waals surface area contributed by atoms with Crippen LogP contribution in [0.4, 0.5) is 8.78 Å². The minimum absolute atomic E-state index is 0.0992. The van der Waals surface area contributed by atoms with Gasteiger partial charge in [-0.15, -0.1) is 0 Å². The van der Waals surface area contributed by atoms with E-state index in [1.165, 1.54) is 6.07 Å². The first-order valence-corrected chi connectivity index (χ1v) is 7.46. The summed E-state index contributed by atoms with van der Waals surface area (Å²) >= 11 is 6.11. The molecular formula is C15H20ClF2NO. The van der Waals surface area contributed by atoms with Gasteiger partial charge < -0.3 is 10.1 Å². The molecule has 0 spiro atoms. The highest BCUT2D eigenvalue weighted by atomic mass is 35.5. The molecule has 5 heteroatoms. The second kappa shape index (κ2) is 7.34. The first-order chi connectivity index (χ1) is 9.63. The van der Waals surface area contributed by atoms with Crippen LogP contribution in [0, 0.1) is 17.6 Å². The molecule has 1 aliphatic rings. The Kier molecular flexibility index (Phi) is 5.75. The van der Waals surface area contributed by atoms with Crippen LogP contribution in [0.2, 0.25) is 5.02 Å². The van der Waals surface area contributed by atoms with E-state index in [9.17, 15) is 8.78 Å². The first-order valence-electron chi connectivity index (χ1n) is 7.09. The van der Waals surface area contributed by atoms with Gasteiger partial charge in [0.25, 0.3) is 0 Å². The molecular weight excluding hydrogens is 284 g/mol. The van der Waals surface area contributed by atoms with E-state index in [4.69, 9.17) is 16.3 Å². The zero-order valence-electron chi connectivity index (χ0n) is 11.6. The van der Waals surface area contributed by atoms with Gasteiger partial charge in [0.05, 0.1) is 6.61 Å². The number of benzene rings is 1. The summed E-state index contributed by atoms with van der Waals surface area (Å²) in [4.78, 5) is 0. The second-order valence-corrected chi connectivity index (χ2v) is 5.60. The smallest absolute Gasteiger partial charge is 0.160 e. The molecule has 112 valence electrons. The molecule has 1 saturated heterocycles. The SMILES string of the molecule is CCCNC(c1cc(F)c(F)cc1Cl)C1CCCOC1. The van der Waals surface area contributed by atoms with Gasteiger partial charge in [-0.3, -0.25) is 0 Å². The third-order valence-corrected chi connectivity index (χ3v) is 3.98. The Morgan fingerprint density at radius 1 is 1.40 bits per heavy atom. The third kappa shape index (κ3) is 3.68. The van der Waals surface area contributed by atoms with Crippen molar-refractivity contribution in [3.8, 4) is 0 Å². The molecule has 1 aromatic carbocycles. The summed E-state index contributed by atoms with van der Waals surface area (Å²) in [6.07, 6.45) is 2.94. The van der Waals surface area contributed by atoms with Crippen molar-refractivity contribution in [2.45, 2.75) is 32.2 Å². The molecule has 2 unspecified atom stereocenters. The van der Waals surface area contributed by atoms with Crippen LogP contribution in [-0.2, 0) is 4.74 Å². The van der Waals surface area contributed by atoms with Crippen LogP contribution >= 0.6 is 11.6 Å². The molecule has 1 aliphatic heterocycles. The maximum absolute atomic E-state index is 13.5. The first kappa shape index (κ1) is 15.7. The van der Waals surface area contributed by atoms with E-state index in [-0.39, 0.29) is 17.0 Å². The maximum atomic E-state index is 13.5. The highest BCUT2D eigenvalue weighted by Crippen LogP contribution is 2.34. The van der Waals surface area contributed by atoms with Crippen molar-refractivity contribution in [2.75, 3.05) is 19.8 Å². The number of ether oxygens (including phenoxy) is 1. The van der Waals surface area contributed by atoms with Gasteiger partial charge in [-0.25, -0.2) is 8.78 Å². The summed E-state index contributed by atoms with van der Waals surface area (Å²) in [5.74, 6) is -1.53. The van der Waals surface area contributed by atoms with Gasteiger partial charge in [-0.05, 0) is 43.5 Å². The molecule has 0 radical (unpaired) electrons. The van der Waals surface area contributed by atoms with Crippen molar-refractivity contribution < 1.29 is 13.5 Å². The van der Waals surface area contributed by atoms with Crippen LogP contribution in [0.1, 0.15) is 37.8 Å². The van der Waals surface area contributed by atoms with E-state index in [0.29, 0.717) is 12.2 Å². The summed E-state index contributed by atoms with van der Waals surface area (Å²) in [5.41, 5.74) is 0.620. The Balaban J connectivity index is 2.27.